The van der Waals surface area contributed by atoms with Crippen LogP contribution < -0.4 is 0 Å². The maximum Gasteiger partial charge on any atom is 0.0713 e. The van der Waals surface area contributed by atoms with Crippen LogP contribution in [0.5, 0.6) is 0 Å². The third-order valence-electron chi connectivity index (χ3n) is 1.35. The first kappa shape index (κ1) is 7.66. The van der Waals surface area contributed by atoms with Crippen molar-refractivity contribution in [3.05, 3.63) is 35.7 Å². The fraction of sp³-hybridized carbons (Fsp3) is 0.111. The Balaban J connectivity index is 3.11. The van der Waals surface area contributed by atoms with Crippen molar-refractivity contribution >= 4 is 12.3 Å². The van der Waals surface area contributed by atoms with Gasteiger partial charge in [-0.3, -0.25) is 4.98 Å². The van der Waals surface area contributed by atoms with Crippen LogP contribution in [-0.4, -0.2) is 11.2 Å². The lowest BCUT2D eigenvalue weighted by molar-refractivity contribution is 1.28. The summed E-state index contributed by atoms with van der Waals surface area (Å²) >= 11 is 0. The molecule has 0 aliphatic carbocycles. The molecule has 1 aromatic heterocycles. The van der Waals surface area contributed by atoms with E-state index in [0.29, 0.717) is 0 Å². The molecule has 0 radical (unpaired) electrons. The van der Waals surface area contributed by atoms with Gasteiger partial charge in [-0.25, -0.2) is 0 Å². The van der Waals surface area contributed by atoms with Crippen LogP contribution >= 0.6 is 0 Å². The number of allylic oxidation sites excluding steroid dienone is 1. The zero-order chi connectivity index (χ0) is 8.10. The highest BCUT2D eigenvalue weighted by molar-refractivity contribution is 5.81. The van der Waals surface area contributed by atoms with Gasteiger partial charge < -0.3 is 5.41 Å². The predicted octanol–water partition coefficient (Wildman–Crippen LogP) is 2.11. The quantitative estimate of drug-likeness (QED) is 0.637. The molecule has 2 heteroatoms. The number of hydrogen-bond acceptors (Lipinski definition) is 2. The molecule has 11 heavy (non-hydrogen) atoms. The van der Waals surface area contributed by atoms with E-state index in [1.54, 1.807) is 6.20 Å². The van der Waals surface area contributed by atoms with E-state index in [1.807, 2.05) is 31.2 Å². The van der Waals surface area contributed by atoms with E-state index < -0.39 is 0 Å². The Bertz CT molecular complexity index is 277. The highest BCUT2D eigenvalue weighted by Gasteiger charge is 1.93. The van der Waals surface area contributed by atoms with Gasteiger partial charge in [-0.1, -0.05) is 6.08 Å². The lowest BCUT2D eigenvalue weighted by Gasteiger charge is -1.95. The summed E-state index contributed by atoms with van der Waals surface area (Å²) in [6.07, 6.45) is 6.83. The molecular formula is C9H10N2. The predicted molar refractivity (Wildman–Crippen MR) is 46.8 cm³/mol. The normalized spacial score (nSPS) is 10.3. The molecule has 0 spiro atoms. The second-order valence-corrected chi connectivity index (χ2v) is 2.12. The summed E-state index contributed by atoms with van der Waals surface area (Å²) < 4.78 is 0. The van der Waals surface area contributed by atoms with Gasteiger partial charge in [0.25, 0.3) is 0 Å². The highest BCUT2D eigenvalue weighted by Crippen LogP contribution is 2.03. The van der Waals surface area contributed by atoms with Crippen LogP contribution in [0.15, 0.2) is 24.4 Å². The van der Waals surface area contributed by atoms with Crippen molar-refractivity contribution in [2.75, 3.05) is 0 Å². The van der Waals surface area contributed by atoms with Gasteiger partial charge in [0.2, 0.25) is 0 Å². The Hall–Kier alpha value is -1.44. The first-order chi connectivity index (χ1) is 5.38. The van der Waals surface area contributed by atoms with Crippen LogP contribution in [0, 0.1) is 5.41 Å². The summed E-state index contributed by atoms with van der Waals surface area (Å²) in [5, 5.41) is 7.06. The Morgan fingerprint density at radius 3 is 3.00 bits per heavy atom. The Labute approximate surface area is 66.1 Å². The monoisotopic (exact) mass is 146 g/mol. The number of nitrogens with one attached hydrogen (secondary N) is 1. The molecular weight excluding hydrogens is 136 g/mol. The van der Waals surface area contributed by atoms with Crippen LogP contribution in [0.1, 0.15) is 18.2 Å². The van der Waals surface area contributed by atoms with Gasteiger partial charge in [0, 0.05) is 18.0 Å². The van der Waals surface area contributed by atoms with E-state index in [0.717, 1.165) is 11.3 Å². The van der Waals surface area contributed by atoms with Gasteiger partial charge in [0.15, 0.2) is 0 Å². The Morgan fingerprint density at radius 1 is 1.55 bits per heavy atom. The zero-order valence-electron chi connectivity index (χ0n) is 6.41. The number of pyridine rings is 1. The van der Waals surface area contributed by atoms with Crippen molar-refractivity contribution in [1.82, 2.24) is 4.98 Å². The summed E-state index contributed by atoms with van der Waals surface area (Å²) in [5.41, 5.74) is 1.70. The van der Waals surface area contributed by atoms with Gasteiger partial charge in [0.05, 0.1) is 5.69 Å². The minimum Gasteiger partial charge on any atom is -0.308 e. The topological polar surface area (TPSA) is 36.7 Å². The lowest BCUT2D eigenvalue weighted by Crippen LogP contribution is -1.88. The summed E-state index contributed by atoms with van der Waals surface area (Å²) in [4.78, 5) is 4.10. The van der Waals surface area contributed by atoms with Crippen LogP contribution in [0.2, 0.25) is 0 Å². The molecule has 0 aliphatic rings. The fourth-order valence-corrected chi connectivity index (χ4v) is 0.849. The van der Waals surface area contributed by atoms with Gasteiger partial charge in [0.1, 0.15) is 0 Å². The molecule has 0 atom stereocenters. The number of rotatable bonds is 2. The van der Waals surface area contributed by atoms with E-state index >= 15 is 0 Å². The van der Waals surface area contributed by atoms with E-state index in [4.69, 9.17) is 5.41 Å². The summed E-state index contributed by atoms with van der Waals surface area (Å²) in [6, 6.07) is 3.70. The average Bonchev–Trinajstić information content (AvgIpc) is 2.06. The maximum absolute atomic E-state index is 7.06. The summed E-state index contributed by atoms with van der Waals surface area (Å²) in [5.74, 6) is 0. The van der Waals surface area contributed by atoms with Crippen LogP contribution in [0.4, 0.5) is 0 Å². The molecule has 2 nitrogen and oxygen atoms in total. The Kier molecular flexibility index (Phi) is 2.55. The van der Waals surface area contributed by atoms with E-state index in [9.17, 15) is 0 Å². The molecule has 0 aromatic carbocycles. The molecule has 1 rings (SSSR count). The van der Waals surface area contributed by atoms with Crippen molar-refractivity contribution in [1.29, 1.82) is 5.41 Å². The van der Waals surface area contributed by atoms with E-state index in [2.05, 4.69) is 4.98 Å². The lowest BCUT2D eigenvalue weighted by atomic mass is 10.2. The van der Waals surface area contributed by atoms with E-state index in [-0.39, 0.29) is 0 Å². The van der Waals surface area contributed by atoms with Gasteiger partial charge in [-0.15, -0.1) is 0 Å². The minimum absolute atomic E-state index is 0.852. The molecule has 0 unspecified atom stereocenters. The van der Waals surface area contributed by atoms with Crippen molar-refractivity contribution in [2.45, 2.75) is 6.92 Å². The zero-order valence-corrected chi connectivity index (χ0v) is 6.41. The smallest absolute Gasteiger partial charge is 0.0713 e. The summed E-state index contributed by atoms with van der Waals surface area (Å²) in [7, 11) is 0. The Morgan fingerprint density at radius 2 is 2.36 bits per heavy atom. The highest BCUT2D eigenvalue weighted by atomic mass is 14.7. The second-order valence-electron chi connectivity index (χ2n) is 2.12. The first-order valence-corrected chi connectivity index (χ1v) is 3.46. The SMILES string of the molecule is C/C=C\c1ncccc1C=N. The number of nitrogens with zero attached hydrogens (tertiary/aromatic N) is 1. The third-order valence-corrected chi connectivity index (χ3v) is 1.35. The van der Waals surface area contributed by atoms with Gasteiger partial charge >= 0.3 is 0 Å². The van der Waals surface area contributed by atoms with Crippen LogP contribution in [0.3, 0.4) is 0 Å². The summed E-state index contributed by atoms with van der Waals surface area (Å²) in [6.45, 7) is 1.93. The molecule has 0 bridgehead atoms. The standard InChI is InChI=1S/C9H10N2/c1-2-4-9-8(7-10)5-3-6-11-9/h2-7,10H,1H3/b4-2-,10-7?. The molecule has 0 fully saturated rings. The van der Waals surface area contributed by atoms with E-state index in [1.165, 1.54) is 6.21 Å². The van der Waals surface area contributed by atoms with Crippen LogP contribution in [-0.2, 0) is 0 Å². The molecule has 56 valence electrons. The van der Waals surface area contributed by atoms with Crippen molar-refractivity contribution in [2.24, 2.45) is 0 Å². The fourth-order valence-electron chi connectivity index (χ4n) is 0.849. The molecule has 1 aromatic rings. The molecule has 0 saturated carbocycles. The average molecular weight is 146 g/mol. The van der Waals surface area contributed by atoms with Crippen molar-refractivity contribution in [3.63, 3.8) is 0 Å². The van der Waals surface area contributed by atoms with Gasteiger partial charge in [-0.2, -0.15) is 0 Å². The number of hydrogen-bond donors (Lipinski definition) is 1. The third kappa shape index (κ3) is 1.74. The van der Waals surface area contributed by atoms with Gasteiger partial charge in [-0.05, 0) is 25.1 Å². The van der Waals surface area contributed by atoms with Crippen molar-refractivity contribution in [3.8, 4) is 0 Å². The minimum atomic E-state index is 0.852. The maximum atomic E-state index is 7.06. The molecule has 0 amide bonds. The first-order valence-electron chi connectivity index (χ1n) is 3.46. The van der Waals surface area contributed by atoms with Crippen molar-refractivity contribution < 1.29 is 0 Å². The second kappa shape index (κ2) is 3.66. The molecule has 0 saturated heterocycles. The molecule has 1 heterocycles. The largest absolute Gasteiger partial charge is 0.308 e. The molecule has 0 aliphatic heterocycles. The van der Waals surface area contributed by atoms with Crippen LogP contribution in [0.25, 0.3) is 6.08 Å². The number of aromatic nitrogens is 1. The molecule has 1 N–H and O–H groups in total.